The van der Waals surface area contributed by atoms with Crippen LogP contribution in [0, 0.1) is 0 Å². The molecule has 0 fully saturated rings. The molecule has 2 heteroatoms. The fourth-order valence-corrected chi connectivity index (χ4v) is 1.75. The number of hydrogen-bond donors (Lipinski definition) is 1. The fourth-order valence-electron chi connectivity index (χ4n) is 1.75. The van der Waals surface area contributed by atoms with Crippen LogP contribution >= 0.6 is 0 Å². The van der Waals surface area contributed by atoms with Crippen LogP contribution in [0.4, 0.5) is 0 Å². The average molecular weight is 192 g/mol. The van der Waals surface area contributed by atoms with Gasteiger partial charge in [0.25, 0.3) is 0 Å². The summed E-state index contributed by atoms with van der Waals surface area (Å²) in [6.45, 7) is 6.50. The van der Waals surface area contributed by atoms with E-state index in [1.807, 2.05) is 18.2 Å². The Morgan fingerprint density at radius 2 is 2.14 bits per heavy atom. The minimum atomic E-state index is -0.767. The highest BCUT2D eigenvalue weighted by molar-refractivity contribution is 5.43. The molecule has 1 aromatic carbocycles. The van der Waals surface area contributed by atoms with Crippen molar-refractivity contribution in [3.05, 3.63) is 29.3 Å². The van der Waals surface area contributed by atoms with Crippen LogP contribution in [-0.4, -0.2) is 11.7 Å². The van der Waals surface area contributed by atoms with Crippen LogP contribution in [0.5, 0.6) is 5.75 Å². The molecule has 0 bridgehead atoms. The van der Waals surface area contributed by atoms with Gasteiger partial charge in [-0.3, -0.25) is 0 Å². The van der Waals surface area contributed by atoms with Crippen molar-refractivity contribution in [2.45, 2.75) is 32.3 Å². The summed E-state index contributed by atoms with van der Waals surface area (Å²) in [5.74, 6) is 1.40. The van der Waals surface area contributed by atoms with Crippen LogP contribution in [0.1, 0.15) is 37.8 Å². The molecule has 2 nitrogen and oxygen atoms in total. The van der Waals surface area contributed by atoms with Gasteiger partial charge in [-0.2, -0.15) is 0 Å². The van der Waals surface area contributed by atoms with Crippen molar-refractivity contribution < 1.29 is 9.84 Å². The van der Waals surface area contributed by atoms with Crippen molar-refractivity contribution in [3.63, 3.8) is 0 Å². The van der Waals surface area contributed by atoms with Crippen molar-refractivity contribution in [2.24, 2.45) is 0 Å². The van der Waals surface area contributed by atoms with E-state index in [9.17, 15) is 5.11 Å². The lowest BCUT2D eigenvalue weighted by molar-refractivity contribution is 0.0785. The van der Waals surface area contributed by atoms with Crippen molar-refractivity contribution in [1.29, 1.82) is 0 Å². The van der Waals surface area contributed by atoms with Crippen molar-refractivity contribution in [3.8, 4) is 5.75 Å². The van der Waals surface area contributed by atoms with Gasteiger partial charge in [-0.05, 0) is 31.5 Å². The minimum Gasteiger partial charge on any atom is -0.493 e. The van der Waals surface area contributed by atoms with E-state index in [1.165, 1.54) is 5.56 Å². The molecule has 14 heavy (non-hydrogen) atoms. The zero-order chi connectivity index (χ0) is 10.3. The first-order valence-electron chi connectivity index (χ1n) is 4.98. The van der Waals surface area contributed by atoms with Crippen LogP contribution in [-0.2, 0) is 5.60 Å². The zero-order valence-corrected chi connectivity index (χ0v) is 8.87. The molecule has 1 heterocycles. The molecule has 0 radical (unpaired) electrons. The number of rotatable bonds is 1. The largest absolute Gasteiger partial charge is 0.493 e. The third kappa shape index (κ3) is 1.50. The number of fused-ring (bicyclic) bond motifs is 1. The summed E-state index contributed by atoms with van der Waals surface area (Å²) in [7, 11) is 0. The second kappa shape index (κ2) is 2.99. The van der Waals surface area contributed by atoms with Gasteiger partial charge in [0.1, 0.15) is 5.75 Å². The van der Waals surface area contributed by atoms with E-state index in [-0.39, 0.29) is 0 Å². The van der Waals surface area contributed by atoms with Crippen LogP contribution in [0.25, 0.3) is 0 Å². The maximum atomic E-state index is 9.87. The minimum absolute atomic E-state index is 0.437. The van der Waals surface area contributed by atoms with Gasteiger partial charge in [0.2, 0.25) is 0 Å². The molecule has 0 saturated carbocycles. The zero-order valence-electron chi connectivity index (χ0n) is 8.87. The topological polar surface area (TPSA) is 29.5 Å². The Balaban J connectivity index is 2.45. The highest BCUT2D eigenvalue weighted by atomic mass is 16.5. The maximum absolute atomic E-state index is 9.87. The predicted molar refractivity (Wildman–Crippen MR) is 55.6 cm³/mol. The average Bonchev–Trinajstić information content (AvgIpc) is 2.46. The molecule has 0 spiro atoms. The molecule has 0 aliphatic carbocycles. The predicted octanol–water partition coefficient (Wildman–Crippen LogP) is 2.41. The molecule has 1 atom stereocenters. The van der Waals surface area contributed by atoms with Gasteiger partial charge in [-0.15, -0.1) is 0 Å². The standard InChI is InChI=1S/C12H16O2/c1-8-7-14-11-5-4-9(6-10(8)11)12(2,3)13/h4-6,8,13H,7H2,1-3H3. The number of benzene rings is 1. The Hall–Kier alpha value is -1.02. The maximum Gasteiger partial charge on any atom is 0.122 e. The van der Waals surface area contributed by atoms with Gasteiger partial charge < -0.3 is 9.84 Å². The number of aliphatic hydroxyl groups is 1. The van der Waals surface area contributed by atoms with Gasteiger partial charge in [0, 0.05) is 11.5 Å². The van der Waals surface area contributed by atoms with Gasteiger partial charge >= 0.3 is 0 Å². The molecule has 2 rings (SSSR count). The van der Waals surface area contributed by atoms with Crippen molar-refractivity contribution in [2.75, 3.05) is 6.61 Å². The molecular formula is C12H16O2. The van der Waals surface area contributed by atoms with Crippen molar-refractivity contribution >= 4 is 0 Å². The molecular weight excluding hydrogens is 176 g/mol. The highest BCUT2D eigenvalue weighted by Gasteiger charge is 2.23. The second-order valence-electron chi connectivity index (χ2n) is 4.52. The molecule has 1 aliphatic rings. The van der Waals surface area contributed by atoms with Crippen LogP contribution < -0.4 is 4.74 Å². The quantitative estimate of drug-likeness (QED) is 0.740. The van der Waals surface area contributed by atoms with Crippen LogP contribution in [0.15, 0.2) is 18.2 Å². The first-order valence-corrected chi connectivity index (χ1v) is 4.98. The van der Waals surface area contributed by atoms with E-state index < -0.39 is 5.60 Å². The normalized spacial score (nSPS) is 20.4. The summed E-state index contributed by atoms with van der Waals surface area (Å²) in [5, 5.41) is 9.87. The van der Waals surface area contributed by atoms with E-state index >= 15 is 0 Å². The Labute approximate surface area is 84.5 Å². The summed E-state index contributed by atoms with van der Waals surface area (Å²) in [6, 6.07) is 5.93. The summed E-state index contributed by atoms with van der Waals surface area (Å²) >= 11 is 0. The van der Waals surface area contributed by atoms with Crippen LogP contribution in [0.3, 0.4) is 0 Å². The van der Waals surface area contributed by atoms with Crippen LogP contribution in [0.2, 0.25) is 0 Å². The second-order valence-corrected chi connectivity index (χ2v) is 4.52. The van der Waals surface area contributed by atoms with Gasteiger partial charge in [-0.25, -0.2) is 0 Å². The van der Waals surface area contributed by atoms with Gasteiger partial charge in [0.15, 0.2) is 0 Å². The summed E-state index contributed by atoms with van der Waals surface area (Å²) < 4.78 is 5.50. The lowest BCUT2D eigenvalue weighted by atomic mass is 9.93. The molecule has 0 aromatic heterocycles. The molecule has 1 aliphatic heterocycles. The van der Waals surface area contributed by atoms with E-state index in [2.05, 4.69) is 6.92 Å². The lowest BCUT2D eigenvalue weighted by Crippen LogP contribution is -2.15. The first kappa shape index (κ1) is 9.53. The first-order chi connectivity index (χ1) is 6.48. The molecule has 1 unspecified atom stereocenters. The van der Waals surface area contributed by atoms with Gasteiger partial charge in [0.05, 0.1) is 12.2 Å². The van der Waals surface area contributed by atoms with E-state index in [0.717, 1.165) is 17.9 Å². The fraction of sp³-hybridized carbons (Fsp3) is 0.500. The third-order valence-corrected chi connectivity index (χ3v) is 2.74. The summed E-state index contributed by atoms with van der Waals surface area (Å²) in [6.07, 6.45) is 0. The molecule has 0 amide bonds. The Bertz CT molecular complexity index is 350. The SMILES string of the molecule is CC1COc2ccc(C(C)(C)O)cc21. The third-order valence-electron chi connectivity index (χ3n) is 2.74. The molecule has 1 aromatic rings. The van der Waals surface area contributed by atoms with Crippen molar-refractivity contribution in [1.82, 2.24) is 0 Å². The van der Waals surface area contributed by atoms with E-state index in [1.54, 1.807) is 13.8 Å². The summed E-state index contributed by atoms with van der Waals surface area (Å²) in [5.41, 5.74) is 1.40. The Morgan fingerprint density at radius 1 is 1.43 bits per heavy atom. The Morgan fingerprint density at radius 3 is 2.79 bits per heavy atom. The molecule has 76 valence electrons. The van der Waals surface area contributed by atoms with Gasteiger partial charge in [-0.1, -0.05) is 13.0 Å². The summed E-state index contributed by atoms with van der Waals surface area (Å²) in [4.78, 5) is 0. The lowest BCUT2D eigenvalue weighted by Gasteiger charge is -2.18. The Kier molecular flexibility index (Phi) is 2.04. The monoisotopic (exact) mass is 192 g/mol. The van der Waals surface area contributed by atoms with E-state index in [0.29, 0.717) is 5.92 Å². The smallest absolute Gasteiger partial charge is 0.122 e. The highest BCUT2D eigenvalue weighted by Crippen LogP contribution is 2.36. The van der Waals surface area contributed by atoms with E-state index in [4.69, 9.17) is 4.74 Å². The number of hydrogen-bond acceptors (Lipinski definition) is 2. The number of ether oxygens (including phenoxy) is 1. The molecule has 1 N–H and O–H groups in total. The molecule has 0 saturated heterocycles.